The number of nitrogens with one attached hydrogen (secondary N) is 2. The Morgan fingerprint density at radius 3 is 2.54 bits per heavy atom. The number of urea groups is 1. The Hall–Kier alpha value is -4.80. The maximum Gasteiger partial charge on any atom is 0.323 e. The lowest BCUT2D eigenvalue weighted by atomic mass is 10.0. The highest BCUT2D eigenvalue weighted by molar-refractivity contribution is 6.18. The highest BCUT2D eigenvalue weighted by Gasteiger charge is 2.29. The number of aryl methyl sites for hydroxylation is 1. The van der Waals surface area contributed by atoms with Crippen molar-refractivity contribution in [1.29, 1.82) is 0 Å². The number of fused-ring (bicyclic) bond motifs is 1. The van der Waals surface area contributed by atoms with E-state index >= 15 is 0 Å². The molecule has 11 heteroatoms. The number of benzene rings is 2. The van der Waals surface area contributed by atoms with Gasteiger partial charge in [-0.05, 0) is 49.6 Å². The summed E-state index contributed by atoms with van der Waals surface area (Å²) in [5.41, 5.74) is 8.68. The third-order valence-corrected chi connectivity index (χ3v) is 7.30. The van der Waals surface area contributed by atoms with Gasteiger partial charge in [0.05, 0.1) is 16.6 Å². The van der Waals surface area contributed by atoms with Crippen molar-refractivity contribution in [2.45, 2.75) is 39.7 Å². The number of carbonyl (C=O) groups excluding carboxylic acids is 3. The summed E-state index contributed by atoms with van der Waals surface area (Å²) in [6, 6.07) is 10.3. The van der Waals surface area contributed by atoms with E-state index < -0.39 is 11.8 Å². The number of nitrogens with two attached hydrogens (primary N) is 1. The summed E-state index contributed by atoms with van der Waals surface area (Å²) in [5.74, 6) is -0.594. The van der Waals surface area contributed by atoms with Crippen LogP contribution in [0.3, 0.4) is 0 Å². The molecule has 1 fully saturated rings. The van der Waals surface area contributed by atoms with Crippen LogP contribution < -0.4 is 16.4 Å². The van der Waals surface area contributed by atoms with E-state index in [1.165, 1.54) is 18.5 Å². The van der Waals surface area contributed by atoms with E-state index in [-0.39, 0.29) is 35.2 Å². The van der Waals surface area contributed by atoms with Crippen LogP contribution in [0.2, 0.25) is 0 Å². The summed E-state index contributed by atoms with van der Waals surface area (Å²) in [4.78, 5) is 49.2. The number of hydrogen-bond donors (Lipinski definition) is 3. The molecule has 5 rings (SSSR count). The van der Waals surface area contributed by atoms with Crippen molar-refractivity contribution in [2.75, 3.05) is 29.5 Å². The zero-order chi connectivity index (χ0) is 29.3. The van der Waals surface area contributed by atoms with Crippen LogP contribution in [-0.2, 0) is 4.79 Å². The molecule has 0 atom stereocenters. The third kappa shape index (κ3) is 5.74. The molecule has 0 spiro atoms. The summed E-state index contributed by atoms with van der Waals surface area (Å²) in [6.45, 7) is 6.82. The van der Waals surface area contributed by atoms with Crippen molar-refractivity contribution >= 4 is 45.9 Å². The number of anilines is 3. The molecule has 3 amide bonds. The van der Waals surface area contributed by atoms with Gasteiger partial charge >= 0.3 is 6.03 Å². The van der Waals surface area contributed by atoms with Crippen molar-refractivity contribution in [1.82, 2.24) is 19.4 Å². The lowest BCUT2D eigenvalue weighted by Crippen LogP contribution is -2.41. The van der Waals surface area contributed by atoms with Crippen LogP contribution in [0.25, 0.3) is 11.0 Å². The second-order valence-corrected chi connectivity index (χ2v) is 10.6. The maximum absolute atomic E-state index is 14.1. The van der Waals surface area contributed by atoms with Crippen molar-refractivity contribution in [3.05, 3.63) is 77.5 Å². The van der Waals surface area contributed by atoms with E-state index in [1.54, 1.807) is 43.5 Å². The summed E-state index contributed by atoms with van der Waals surface area (Å²) >= 11 is 0. The molecule has 4 aromatic rings. The number of likely N-dealkylation sites (tertiary alicyclic amines) is 1. The molecule has 0 unspecified atom stereocenters. The molecule has 1 aliphatic rings. The zero-order valence-corrected chi connectivity index (χ0v) is 23.1. The molecule has 3 heterocycles. The molecule has 10 nitrogen and oxygen atoms in total. The Morgan fingerprint density at radius 2 is 1.80 bits per heavy atom. The van der Waals surface area contributed by atoms with Crippen molar-refractivity contribution in [3.8, 4) is 0 Å². The predicted molar refractivity (Wildman–Crippen MR) is 155 cm³/mol. The van der Waals surface area contributed by atoms with Gasteiger partial charge in [0.15, 0.2) is 5.78 Å². The maximum atomic E-state index is 14.1. The molecule has 1 aliphatic heterocycles. The first-order valence-corrected chi connectivity index (χ1v) is 13.5. The topological polar surface area (TPSA) is 135 Å². The molecule has 41 heavy (non-hydrogen) atoms. The second kappa shape index (κ2) is 11.4. The summed E-state index contributed by atoms with van der Waals surface area (Å²) in [6.07, 6.45) is 4.57. The van der Waals surface area contributed by atoms with E-state index in [0.29, 0.717) is 40.9 Å². The van der Waals surface area contributed by atoms with Gasteiger partial charge in [0.2, 0.25) is 5.91 Å². The van der Waals surface area contributed by atoms with Gasteiger partial charge in [0, 0.05) is 42.5 Å². The Morgan fingerprint density at radius 1 is 1.05 bits per heavy atom. The third-order valence-electron chi connectivity index (χ3n) is 7.30. The number of hydrogen-bond acceptors (Lipinski definition) is 6. The van der Waals surface area contributed by atoms with Crippen LogP contribution >= 0.6 is 0 Å². The molecule has 4 N–H and O–H groups in total. The summed E-state index contributed by atoms with van der Waals surface area (Å²) in [5, 5.41) is 5.61. The number of piperidine rings is 1. The fourth-order valence-electron chi connectivity index (χ4n) is 5.20. The van der Waals surface area contributed by atoms with Crippen LogP contribution in [0.4, 0.5) is 26.4 Å². The lowest BCUT2D eigenvalue weighted by Gasteiger charge is -2.34. The molecule has 0 saturated carbocycles. The molecular formula is C30H32FN7O3. The van der Waals surface area contributed by atoms with Crippen molar-refractivity contribution < 1.29 is 18.8 Å². The molecule has 2 aromatic carbocycles. The quantitative estimate of drug-likeness (QED) is 0.281. The first-order chi connectivity index (χ1) is 19.6. The first kappa shape index (κ1) is 27.8. The molecule has 212 valence electrons. The normalized spacial score (nSPS) is 13.9. The highest BCUT2D eigenvalue weighted by atomic mass is 19.1. The van der Waals surface area contributed by atoms with E-state index in [0.717, 1.165) is 18.4 Å². The fourth-order valence-corrected chi connectivity index (χ4v) is 5.20. The minimum Gasteiger partial charge on any atom is -0.383 e. The highest BCUT2D eigenvalue weighted by Crippen LogP contribution is 2.33. The molecule has 0 bridgehead atoms. The van der Waals surface area contributed by atoms with E-state index in [1.807, 2.05) is 23.3 Å². The van der Waals surface area contributed by atoms with Crippen LogP contribution in [0.15, 0.2) is 55.0 Å². The number of aromatic nitrogens is 3. The predicted octanol–water partition coefficient (Wildman–Crippen LogP) is 5.16. The number of halogens is 1. The van der Waals surface area contributed by atoms with Crippen LogP contribution in [0, 0.1) is 18.7 Å². The van der Waals surface area contributed by atoms with Crippen LogP contribution in [0.1, 0.15) is 54.2 Å². The van der Waals surface area contributed by atoms with Crippen LogP contribution in [0.5, 0.6) is 0 Å². The van der Waals surface area contributed by atoms with E-state index in [9.17, 15) is 18.8 Å². The van der Waals surface area contributed by atoms with Gasteiger partial charge in [-0.25, -0.2) is 19.2 Å². The Bertz CT molecular complexity index is 1640. The first-order valence-electron chi connectivity index (χ1n) is 13.5. The summed E-state index contributed by atoms with van der Waals surface area (Å²) in [7, 11) is 0. The number of rotatable bonds is 6. The van der Waals surface area contributed by atoms with E-state index in [4.69, 9.17) is 5.73 Å². The zero-order valence-electron chi connectivity index (χ0n) is 23.1. The minimum atomic E-state index is -0.643. The van der Waals surface area contributed by atoms with Crippen LogP contribution in [-0.4, -0.2) is 50.2 Å². The monoisotopic (exact) mass is 557 g/mol. The number of ketones is 1. The van der Waals surface area contributed by atoms with Gasteiger partial charge in [0.1, 0.15) is 23.6 Å². The van der Waals surface area contributed by atoms with Gasteiger partial charge in [-0.2, -0.15) is 0 Å². The van der Waals surface area contributed by atoms with E-state index in [2.05, 4.69) is 20.6 Å². The van der Waals surface area contributed by atoms with Gasteiger partial charge in [-0.15, -0.1) is 0 Å². The van der Waals surface area contributed by atoms with Gasteiger partial charge in [0.25, 0.3) is 0 Å². The largest absolute Gasteiger partial charge is 0.383 e. The lowest BCUT2D eigenvalue weighted by molar-refractivity contribution is -0.135. The van der Waals surface area contributed by atoms with Crippen molar-refractivity contribution in [3.63, 3.8) is 0 Å². The van der Waals surface area contributed by atoms with Gasteiger partial charge in [-0.3, -0.25) is 9.59 Å². The molecular weight excluding hydrogens is 525 g/mol. The second-order valence-electron chi connectivity index (χ2n) is 10.6. The molecule has 0 aliphatic carbocycles. The minimum absolute atomic E-state index is 0.0308. The number of carbonyl (C=O) groups is 3. The molecule has 1 saturated heterocycles. The van der Waals surface area contributed by atoms with Crippen molar-refractivity contribution in [2.24, 2.45) is 5.92 Å². The molecule has 2 aromatic heterocycles. The average molecular weight is 558 g/mol. The Balaban J connectivity index is 1.38. The fraction of sp³-hybridized carbons (Fsp3) is 0.300. The average Bonchev–Trinajstić information content (AvgIpc) is 3.35. The standard InChI is InChI=1S/C30H32FN7O3/c1-17(2)29(40)37-11-9-21(10-12-37)38-15-22(25-27(32)33-16-34-28(25)38)26(39)19-5-4-6-20(14-19)35-30(41)36-24-13-18(3)7-8-23(24)31/h4-8,13-17,21H,9-12H2,1-3H3,(H2,32,33,34)(H2,35,36,41). The van der Waals surface area contributed by atoms with Gasteiger partial charge in [-0.1, -0.05) is 32.0 Å². The Labute approximate surface area is 236 Å². The number of nitrogens with zero attached hydrogens (tertiary/aromatic N) is 4. The van der Waals surface area contributed by atoms with Gasteiger partial charge < -0.3 is 25.8 Å². The Kier molecular flexibility index (Phi) is 7.69. The SMILES string of the molecule is Cc1ccc(F)c(NC(=O)Nc2cccc(C(=O)c3cn(C4CCN(C(=O)C(C)C)CC4)c4ncnc(N)c34)c2)c1. The number of nitrogen functional groups attached to an aromatic ring is 1. The number of amides is 3. The molecule has 0 radical (unpaired) electrons. The summed E-state index contributed by atoms with van der Waals surface area (Å²) < 4.78 is 16.0. The smallest absolute Gasteiger partial charge is 0.323 e.